The predicted octanol–water partition coefficient (Wildman–Crippen LogP) is 3.56. The molecule has 0 nitrogen and oxygen atoms in total. The quantitative estimate of drug-likeness (QED) is 0.608. The Morgan fingerprint density at radius 3 is 2.10 bits per heavy atom. The van der Waals surface area contributed by atoms with Crippen molar-refractivity contribution in [3.8, 4) is 0 Å². The fourth-order valence-electron chi connectivity index (χ4n) is 0.510. The maximum Gasteiger partial charge on any atom is 0.00751 e. The van der Waals surface area contributed by atoms with Gasteiger partial charge in [0.2, 0.25) is 0 Å². The van der Waals surface area contributed by atoms with E-state index in [2.05, 4.69) is 46.4 Å². The lowest BCUT2D eigenvalue weighted by molar-refractivity contribution is 0.632. The van der Waals surface area contributed by atoms with Gasteiger partial charge in [0.25, 0.3) is 0 Å². The number of rotatable bonds is 3. The van der Waals surface area contributed by atoms with Crippen LogP contribution in [0.2, 0.25) is 0 Å². The minimum absolute atomic E-state index is 0.448. The molecule has 10 heavy (non-hydrogen) atoms. The molecule has 0 aromatic heterocycles. The topological polar surface area (TPSA) is 0 Å². The van der Waals surface area contributed by atoms with Gasteiger partial charge in [-0.05, 0) is 11.7 Å². The van der Waals surface area contributed by atoms with E-state index in [0.29, 0.717) is 4.75 Å². The van der Waals surface area contributed by atoms with Gasteiger partial charge in [-0.3, -0.25) is 0 Å². The summed E-state index contributed by atoms with van der Waals surface area (Å²) in [4.78, 5) is 0. The van der Waals surface area contributed by atoms with Gasteiger partial charge in [-0.1, -0.05) is 41.0 Å². The summed E-state index contributed by atoms with van der Waals surface area (Å²) in [5, 5.41) is 0. The van der Waals surface area contributed by atoms with Crippen molar-refractivity contribution >= 4 is 11.8 Å². The SMILES string of the molecule is CCC(C)CSC(C)(C)C. The molecule has 0 fully saturated rings. The highest BCUT2D eigenvalue weighted by Crippen LogP contribution is 2.25. The van der Waals surface area contributed by atoms with E-state index in [1.807, 2.05) is 0 Å². The molecule has 0 aliphatic carbocycles. The first-order valence-electron chi connectivity index (χ1n) is 4.09. The third-order valence-corrected chi connectivity index (χ3v) is 3.10. The molecule has 0 rings (SSSR count). The number of hydrogen-bond donors (Lipinski definition) is 0. The normalized spacial score (nSPS) is 15.3. The molecule has 0 spiro atoms. The Hall–Kier alpha value is 0.350. The van der Waals surface area contributed by atoms with Crippen molar-refractivity contribution in [2.45, 2.75) is 45.8 Å². The second-order valence-corrected chi connectivity index (χ2v) is 5.78. The standard InChI is InChI=1S/C9H20S/c1-6-8(2)7-10-9(3,4)5/h8H,6-7H2,1-5H3. The van der Waals surface area contributed by atoms with E-state index >= 15 is 0 Å². The third kappa shape index (κ3) is 6.47. The van der Waals surface area contributed by atoms with E-state index in [1.165, 1.54) is 12.2 Å². The van der Waals surface area contributed by atoms with Gasteiger partial charge < -0.3 is 0 Å². The van der Waals surface area contributed by atoms with Crippen LogP contribution in [-0.2, 0) is 0 Å². The summed E-state index contributed by atoms with van der Waals surface area (Å²) in [6, 6.07) is 0. The maximum atomic E-state index is 2.32. The highest BCUT2D eigenvalue weighted by atomic mass is 32.2. The molecule has 0 saturated heterocycles. The Morgan fingerprint density at radius 1 is 1.30 bits per heavy atom. The zero-order valence-electron chi connectivity index (χ0n) is 7.90. The van der Waals surface area contributed by atoms with E-state index in [0.717, 1.165) is 5.92 Å². The molecule has 0 N–H and O–H groups in total. The average molecular weight is 160 g/mol. The highest BCUT2D eigenvalue weighted by Gasteiger charge is 2.11. The molecule has 1 heteroatoms. The van der Waals surface area contributed by atoms with E-state index in [1.54, 1.807) is 0 Å². The molecule has 1 atom stereocenters. The monoisotopic (exact) mass is 160 g/mol. The minimum Gasteiger partial charge on any atom is -0.156 e. The molecule has 0 bridgehead atoms. The summed E-state index contributed by atoms with van der Waals surface area (Å²) >= 11 is 2.07. The lowest BCUT2D eigenvalue weighted by Gasteiger charge is -2.19. The fraction of sp³-hybridized carbons (Fsp3) is 1.00. The van der Waals surface area contributed by atoms with Crippen LogP contribution >= 0.6 is 11.8 Å². The van der Waals surface area contributed by atoms with Gasteiger partial charge in [0.1, 0.15) is 0 Å². The first-order chi connectivity index (χ1) is 4.45. The van der Waals surface area contributed by atoms with Gasteiger partial charge in [-0.2, -0.15) is 11.8 Å². The summed E-state index contributed by atoms with van der Waals surface area (Å²) in [5.41, 5.74) is 0. The van der Waals surface area contributed by atoms with Gasteiger partial charge in [0, 0.05) is 4.75 Å². The first kappa shape index (κ1) is 10.3. The molecule has 0 aromatic rings. The molecule has 0 amide bonds. The number of thioether (sulfide) groups is 1. The van der Waals surface area contributed by atoms with Crippen LogP contribution in [0, 0.1) is 5.92 Å². The van der Waals surface area contributed by atoms with Crippen LogP contribution in [0.15, 0.2) is 0 Å². The van der Waals surface area contributed by atoms with Gasteiger partial charge in [-0.25, -0.2) is 0 Å². The fourth-order valence-corrected chi connectivity index (χ4v) is 1.53. The summed E-state index contributed by atoms with van der Waals surface area (Å²) < 4.78 is 0.448. The smallest absolute Gasteiger partial charge is 0.00751 e. The van der Waals surface area contributed by atoms with Gasteiger partial charge in [-0.15, -0.1) is 0 Å². The Bertz CT molecular complexity index is 81.2. The van der Waals surface area contributed by atoms with Crippen LogP contribution < -0.4 is 0 Å². The van der Waals surface area contributed by atoms with Crippen molar-refractivity contribution in [3.63, 3.8) is 0 Å². The molecule has 1 unspecified atom stereocenters. The van der Waals surface area contributed by atoms with Crippen molar-refractivity contribution in [2.24, 2.45) is 5.92 Å². The van der Waals surface area contributed by atoms with E-state index in [-0.39, 0.29) is 0 Å². The zero-order valence-corrected chi connectivity index (χ0v) is 8.72. The molecule has 62 valence electrons. The van der Waals surface area contributed by atoms with Crippen LogP contribution in [0.1, 0.15) is 41.0 Å². The lowest BCUT2D eigenvalue weighted by Crippen LogP contribution is -2.11. The second-order valence-electron chi connectivity index (χ2n) is 3.94. The van der Waals surface area contributed by atoms with Crippen molar-refractivity contribution < 1.29 is 0 Å². The Balaban J connectivity index is 3.36. The molecule has 0 radical (unpaired) electrons. The summed E-state index contributed by atoms with van der Waals surface area (Å²) in [7, 11) is 0. The molecular weight excluding hydrogens is 140 g/mol. The van der Waals surface area contributed by atoms with E-state index in [9.17, 15) is 0 Å². The molecule has 0 heterocycles. The van der Waals surface area contributed by atoms with Crippen LogP contribution in [0.25, 0.3) is 0 Å². The molecular formula is C9H20S. The van der Waals surface area contributed by atoms with Crippen LogP contribution in [0.3, 0.4) is 0 Å². The third-order valence-electron chi connectivity index (χ3n) is 1.50. The Kier molecular flexibility index (Phi) is 4.42. The molecule has 0 aliphatic rings. The van der Waals surface area contributed by atoms with E-state index in [4.69, 9.17) is 0 Å². The average Bonchev–Trinajstić information content (AvgIpc) is 1.81. The molecule has 0 aromatic carbocycles. The molecule has 0 saturated carbocycles. The van der Waals surface area contributed by atoms with Crippen LogP contribution in [-0.4, -0.2) is 10.5 Å². The molecule has 0 aliphatic heterocycles. The van der Waals surface area contributed by atoms with Gasteiger partial charge in [0.15, 0.2) is 0 Å². The summed E-state index contributed by atoms with van der Waals surface area (Å²) in [6.45, 7) is 11.4. The van der Waals surface area contributed by atoms with Crippen molar-refractivity contribution in [1.82, 2.24) is 0 Å². The predicted molar refractivity (Wildman–Crippen MR) is 51.7 cm³/mol. The minimum atomic E-state index is 0.448. The zero-order chi connectivity index (χ0) is 8.20. The maximum absolute atomic E-state index is 2.32. The number of hydrogen-bond acceptors (Lipinski definition) is 1. The Labute approximate surface area is 69.8 Å². The van der Waals surface area contributed by atoms with Crippen molar-refractivity contribution in [2.75, 3.05) is 5.75 Å². The lowest BCUT2D eigenvalue weighted by atomic mass is 10.2. The van der Waals surface area contributed by atoms with Gasteiger partial charge >= 0.3 is 0 Å². The highest BCUT2D eigenvalue weighted by molar-refractivity contribution is 8.00. The second kappa shape index (κ2) is 4.27. The van der Waals surface area contributed by atoms with E-state index < -0.39 is 0 Å². The van der Waals surface area contributed by atoms with Crippen LogP contribution in [0.5, 0.6) is 0 Å². The van der Waals surface area contributed by atoms with Crippen molar-refractivity contribution in [3.05, 3.63) is 0 Å². The summed E-state index contributed by atoms with van der Waals surface area (Å²) in [6.07, 6.45) is 1.31. The summed E-state index contributed by atoms with van der Waals surface area (Å²) in [5.74, 6) is 2.18. The first-order valence-corrected chi connectivity index (χ1v) is 5.08. The van der Waals surface area contributed by atoms with Crippen LogP contribution in [0.4, 0.5) is 0 Å². The Morgan fingerprint density at radius 2 is 1.80 bits per heavy atom. The van der Waals surface area contributed by atoms with Gasteiger partial charge in [0.05, 0.1) is 0 Å². The van der Waals surface area contributed by atoms with Crippen molar-refractivity contribution in [1.29, 1.82) is 0 Å². The largest absolute Gasteiger partial charge is 0.156 e.